The Morgan fingerprint density at radius 2 is 2.12 bits per heavy atom. The van der Waals surface area contributed by atoms with Gasteiger partial charge < -0.3 is 9.26 Å². The summed E-state index contributed by atoms with van der Waals surface area (Å²) >= 11 is 0. The van der Waals surface area contributed by atoms with Gasteiger partial charge in [0.2, 0.25) is 0 Å². The molecule has 1 N–H and O–H groups in total. The van der Waals surface area contributed by atoms with Gasteiger partial charge in [0.25, 0.3) is 5.89 Å². The highest BCUT2D eigenvalue weighted by Gasteiger charge is 2.32. The van der Waals surface area contributed by atoms with Gasteiger partial charge in [-0.05, 0) is 63.9 Å². The first kappa shape index (κ1) is 22.5. The number of nitrogens with one attached hydrogen (secondary N) is 1. The van der Waals surface area contributed by atoms with Gasteiger partial charge in [-0.25, -0.2) is 0 Å². The van der Waals surface area contributed by atoms with Crippen LogP contribution in [0.4, 0.5) is 0 Å². The van der Waals surface area contributed by atoms with Crippen molar-refractivity contribution in [1.29, 1.82) is 5.41 Å². The molecule has 0 radical (unpaired) electrons. The Balaban J connectivity index is 1.52. The van der Waals surface area contributed by atoms with E-state index in [1.54, 1.807) is 0 Å². The number of aromatic nitrogens is 4. The van der Waals surface area contributed by atoms with Crippen molar-refractivity contribution in [3.05, 3.63) is 39.9 Å². The predicted molar refractivity (Wildman–Crippen MR) is 125 cm³/mol. The minimum absolute atomic E-state index is 0.0982. The van der Waals surface area contributed by atoms with Crippen LogP contribution in [-0.2, 0) is 24.6 Å². The number of rotatable bonds is 6. The highest BCUT2D eigenvalue weighted by atomic mass is 16.5. The number of nitrogens with zero attached hydrogens (tertiary/aromatic N) is 4. The molecule has 0 saturated carbocycles. The summed E-state index contributed by atoms with van der Waals surface area (Å²) in [4.78, 5) is 4.78. The van der Waals surface area contributed by atoms with E-state index in [2.05, 4.69) is 38.9 Å². The van der Waals surface area contributed by atoms with Crippen LogP contribution in [-0.4, -0.2) is 32.4 Å². The lowest BCUT2D eigenvalue weighted by Gasteiger charge is -2.29. The highest BCUT2D eigenvalue weighted by molar-refractivity contribution is 5.73. The molecule has 0 aromatic carbocycles. The second kappa shape index (κ2) is 8.68. The molecule has 0 bridgehead atoms. The molecule has 7 nitrogen and oxygen atoms in total. The summed E-state index contributed by atoms with van der Waals surface area (Å²) in [5, 5.41) is 17.0. The third-order valence-corrected chi connectivity index (χ3v) is 6.84. The van der Waals surface area contributed by atoms with E-state index >= 15 is 0 Å². The van der Waals surface area contributed by atoms with Gasteiger partial charge in [-0.1, -0.05) is 36.2 Å². The summed E-state index contributed by atoms with van der Waals surface area (Å²) in [7, 11) is 2.01. The third-order valence-electron chi connectivity index (χ3n) is 6.84. The molecule has 7 heteroatoms. The van der Waals surface area contributed by atoms with Crippen molar-refractivity contribution < 1.29 is 9.26 Å². The molecule has 0 amide bonds. The maximum Gasteiger partial charge on any atom is 0.278 e. The number of fused-ring (bicyclic) bond motifs is 1. The monoisotopic (exact) mass is 437 g/mol. The van der Waals surface area contributed by atoms with Crippen LogP contribution in [0.5, 0.6) is 0 Å². The van der Waals surface area contributed by atoms with E-state index in [9.17, 15) is 0 Å². The maximum atomic E-state index is 7.88. The fourth-order valence-corrected chi connectivity index (χ4v) is 5.06. The Bertz CT molecular complexity index is 1090. The molecule has 1 unspecified atom stereocenters. The molecule has 0 saturated heterocycles. The predicted octanol–water partition coefficient (Wildman–Crippen LogP) is 5.53. The molecule has 1 atom stereocenters. The Labute approximate surface area is 190 Å². The Kier molecular flexibility index (Phi) is 6.10. The van der Waals surface area contributed by atoms with E-state index in [-0.39, 0.29) is 5.92 Å². The van der Waals surface area contributed by atoms with Crippen molar-refractivity contribution in [2.45, 2.75) is 79.1 Å². The van der Waals surface area contributed by atoms with Crippen molar-refractivity contribution in [2.24, 2.45) is 12.5 Å². The first-order chi connectivity index (χ1) is 15.2. The van der Waals surface area contributed by atoms with Crippen molar-refractivity contribution in [1.82, 2.24) is 19.9 Å². The van der Waals surface area contributed by atoms with Gasteiger partial charge in [-0.15, -0.1) is 0 Å². The molecule has 0 fully saturated rings. The quantitative estimate of drug-likeness (QED) is 0.474. The molecule has 2 aromatic heterocycles. The maximum absolute atomic E-state index is 7.88. The first-order valence-corrected chi connectivity index (χ1v) is 11.6. The van der Waals surface area contributed by atoms with Crippen LogP contribution < -0.4 is 0 Å². The summed E-state index contributed by atoms with van der Waals surface area (Å²) in [6, 6.07) is 0. The molecule has 4 rings (SSSR count). The van der Waals surface area contributed by atoms with Crippen LogP contribution in [0, 0.1) is 10.8 Å². The summed E-state index contributed by atoms with van der Waals surface area (Å²) in [6.45, 7) is 11.4. The van der Waals surface area contributed by atoms with E-state index < -0.39 is 0 Å². The van der Waals surface area contributed by atoms with Crippen molar-refractivity contribution >= 4 is 5.90 Å². The van der Waals surface area contributed by atoms with Crippen LogP contribution in [0.15, 0.2) is 27.3 Å². The lowest BCUT2D eigenvalue weighted by atomic mass is 9.76. The number of allylic oxidation sites excluding steroid dienone is 4. The highest BCUT2D eigenvalue weighted by Crippen LogP contribution is 2.40. The second-order valence-electron chi connectivity index (χ2n) is 9.97. The largest absolute Gasteiger partial charge is 0.481 e. The SMILES string of the molecule is CCOC(=N)CCC1=C(C)CC(c2noc(-c3nn(C)c4c3CCC(C)(C)C4)n2)C=C1C. The molecule has 2 aromatic rings. The third kappa shape index (κ3) is 4.43. The zero-order valence-electron chi connectivity index (χ0n) is 20.2. The van der Waals surface area contributed by atoms with Gasteiger partial charge in [0.05, 0.1) is 6.61 Å². The van der Waals surface area contributed by atoms with Crippen molar-refractivity contribution in [2.75, 3.05) is 6.61 Å². The zero-order chi connectivity index (χ0) is 23.0. The van der Waals surface area contributed by atoms with Crippen LogP contribution >= 0.6 is 0 Å². The van der Waals surface area contributed by atoms with Crippen LogP contribution in [0.3, 0.4) is 0 Å². The number of ether oxygens (including phenoxy) is 1. The number of hydrogen-bond donors (Lipinski definition) is 1. The molecule has 32 heavy (non-hydrogen) atoms. The summed E-state index contributed by atoms with van der Waals surface area (Å²) in [5.74, 6) is 1.70. The molecule has 0 spiro atoms. The Hall–Kier alpha value is -2.70. The van der Waals surface area contributed by atoms with E-state index in [0.717, 1.165) is 43.6 Å². The second-order valence-corrected chi connectivity index (χ2v) is 9.97. The fraction of sp³-hybridized carbons (Fsp3) is 0.600. The molecule has 2 heterocycles. The molecule has 172 valence electrons. The average Bonchev–Trinajstić information content (AvgIpc) is 3.32. The standard InChI is InChI=1S/C25H35N5O2/c1-7-31-21(26)9-8-18-15(2)12-17(13-16(18)3)23-27-24(32-29-23)22-19-10-11-25(4,5)14-20(19)30(6)28-22/h12,17,26H,7-11,13-14H2,1-6H3. The molecule has 0 aliphatic heterocycles. The Morgan fingerprint density at radius 1 is 1.34 bits per heavy atom. The van der Waals surface area contributed by atoms with Crippen molar-refractivity contribution in [3.8, 4) is 11.6 Å². The van der Waals surface area contributed by atoms with Gasteiger partial charge in [0.1, 0.15) is 0 Å². The lowest BCUT2D eigenvalue weighted by Crippen LogP contribution is -2.23. The Morgan fingerprint density at radius 3 is 2.84 bits per heavy atom. The smallest absolute Gasteiger partial charge is 0.278 e. The van der Waals surface area contributed by atoms with Crippen LogP contribution in [0.1, 0.15) is 83.3 Å². The van der Waals surface area contributed by atoms with Gasteiger partial charge in [0.15, 0.2) is 17.4 Å². The minimum atomic E-state index is 0.0982. The van der Waals surface area contributed by atoms with E-state index in [0.29, 0.717) is 30.2 Å². The zero-order valence-corrected chi connectivity index (χ0v) is 20.2. The van der Waals surface area contributed by atoms with Gasteiger partial charge >= 0.3 is 0 Å². The van der Waals surface area contributed by atoms with E-state index in [4.69, 9.17) is 24.8 Å². The minimum Gasteiger partial charge on any atom is -0.481 e. The van der Waals surface area contributed by atoms with E-state index in [1.807, 2.05) is 18.7 Å². The summed E-state index contributed by atoms with van der Waals surface area (Å²) in [6.07, 6.45) is 7.70. The van der Waals surface area contributed by atoms with Crippen molar-refractivity contribution in [3.63, 3.8) is 0 Å². The first-order valence-electron chi connectivity index (χ1n) is 11.6. The fourth-order valence-electron chi connectivity index (χ4n) is 5.06. The summed E-state index contributed by atoms with van der Waals surface area (Å²) < 4.78 is 13.0. The van der Waals surface area contributed by atoms with Crippen LogP contribution in [0.2, 0.25) is 0 Å². The lowest BCUT2D eigenvalue weighted by molar-refractivity contribution is 0.306. The molecule has 2 aliphatic carbocycles. The average molecular weight is 438 g/mol. The molecular weight excluding hydrogens is 402 g/mol. The molecular formula is C25H35N5O2. The van der Waals surface area contributed by atoms with Gasteiger partial charge in [-0.3, -0.25) is 10.1 Å². The normalized spacial score (nSPS) is 20.2. The number of aryl methyl sites for hydroxylation is 1. The van der Waals surface area contributed by atoms with Gasteiger partial charge in [0, 0.05) is 30.6 Å². The summed E-state index contributed by atoms with van der Waals surface area (Å²) in [5.41, 5.74) is 7.55. The van der Waals surface area contributed by atoms with Crippen LogP contribution in [0.25, 0.3) is 11.6 Å². The van der Waals surface area contributed by atoms with E-state index in [1.165, 1.54) is 28.0 Å². The topological polar surface area (TPSA) is 89.8 Å². The van der Waals surface area contributed by atoms with Gasteiger partial charge in [-0.2, -0.15) is 10.1 Å². The molecule has 2 aliphatic rings. The number of hydrogen-bond acceptors (Lipinski definition) is 6.